The molecule has 16 heavy (non-hydrogen) atoms. The third kappa shape index (κ3) is 1.69. The molecule has 1 saturated heterocycles. The summed E-state index contributed by atoms with van der Waals surface area (Å²) in [4.78, 5) is 6.86. The van der Waals surface area contributed by atoms with Crippen LogP contribution < -0.4 is 4.90 Å². The van der Waals surface area contributed by atoms with Gasteiger partial charge in [-0.1, -0.05) is 15.9 Å². The van der Waals surface area contributed by atoms with Crippen molar-refractivity contribution in [2.75, 3.05) is 18.0 Å². The maximum atomic E-state index is 4.41. The molecule has 0 atom stereocenters. The predicted molar refractivity (Wildman–Crippen MR) is 70.9 cm³/mol. The van der Waals surface area contributed by atoms with Gasteiger partial charge in [0.15, 0.2) is 0 Å². The largest absolute Gasteiger partial charge is 0.371 e. The molecule has 2 aromatic rings. The third-order valence-corrected chi connectivity index (χ3v) is 3.62. The first-order valence-electron chi connectivity index (χ1n) is 5.64. The Kier molecular flexibility index (Phi) is 2.56. The molecule has 1 aromatic heterocycles. The number of aromatic nitrogens is 1. The van der Waals surface area contributed by atoms with E-state index in [2.05, 4.69) is 44.0 Å². The van der Waals surface area contributed by atoms with Gasteiger partial charge in [-0.15, -0.1) is 0 Å². The zero-order valence-corrected chi connectivity index (χ0v) is 10.6. The van der Waals surface area contributed by atoms with Crippen molar-refractivity contribution in [3.8, 4) is 0 Å². The topological polar surface area (TPSA) is 16.1 Å². The summed E-state index contributed by atoms with van der Waals surface area (Å²) in [5.74, 6) is 0. The van der Waals surface area contributed by atoms with Crippen LogP contribution in [0.15, 0.2) is 34.9 Å². The van der Waals surface area contributed by atoms with E-state index in [0.717, 1.165) is 9.99 Å². The molecule has 0 spiro atoms. The Morgan fingerprint density at radius 2 is 1.94 bits per heavy atom. The van der Waals surface area contributed by atoms with Crippen molar-refractivity contribution in [3.63, 3.8) is 0 Å². The lowest BCUT2D eigenvalue weighted by atomic mass is 10.2. The van der Waals surface area contributed by atoms with Crippen LogP contribution in [0.1, 0.15) is 12.8 Å². The highest BCUT2D eigenvalue weighted by Crippen LogP contribution is 2.29. The van der Waals surface area contributed by atoms with E-state index in [-0.39, 0.29) is 0 Å². The van der Waals surface area contributed by atoms with Crippen molar-refractivity contribution in [2.24, 2.45) is 0 Å². The van der Waals surface area contributed by atoms with Gasteiger partial charge in [0.2, 0.25) is 0 Å². The molecule has 1 fully saturated rings. The van der Waals surface area contributed by atoms with E-state index in [4.69, 9.17) is 0 Å². The number of fused-ring (bicyclic) bond motifs is 1. The van der Waals surface area contributed by atoms with Crippen LogP contribution >= 0.6 is 15.9 Å². The highest BCUT2D eigenvalue weighted by molar-refractivity contribution is 9.10. The monoisotopic (exact) mass is 276 g/mol. The van der Waals surface area contributed by atoms with Gasteiger partial charge in [-0.2, -0.15) is 0 Å². The summed E-state index contributed by atoms with van der Waals surface area (Å²) >= 11 is 3.53. The van der Waals surface area contributed by atoms with Crippen molar-refractivity contribution in [1.29, 1.82) is 0 Å². The number of pyridine rings is 1. The van der Waals surface area contributed by atoms with Crippen molar-refractivity contribution < 1.29 is 0 Å². The minimum absolute atomic E-state index is 1.08. The van der Waals surface area contributed by atoms with E-state index in [1.807, 2.05) is 12.3 Å². The molecular formula is C13H13BrN2. The Bertz CT molecular complexity index is 518. The highest BCUT2D eigenvalue weighted by Gasteiger charge is 2.14. The van der Waals surface area contributed by atoms with Gasteiger partial charge in [-0.25, -0.2) is 0 Å². The molecule has 3 rings (SSSR count). The number of halogens is 1. The van der Waals surface area contributed by atoms with Crippen LogP contribution in [0.25, 0.3) is 10.9 Å². The zero-order valence-electron chi connectivity index (χ0n) is 8.99. The fourth-order valence-electron chi connectivity index (χ4n) is 2.34. The maximum Gasteiger partial charge on any atom is 0.0723 e. The van der Waals surface area contributed by atoms with Gasteiger partial charge in [-0.05, 0) is 37.1 Å². The first-order chi connectivity index (χ1) is 7.84. The Morgan fingerprint density at radius 3 is 2.75 bits per heavy atom. The number of rotatable bonds is 1. The average Bonchev–Trinajstić information content (AvgIpc) is 2.81. The summed E-state index contributed by atoms with van der Waals surface area (Å²) in [5, 5.41) is 1.25. The van der Waals surface area contributed by atoms with Crippen LogP contribution in [0.3, 0.4) is 0 Å². The first kappa shape index (κ1) is 10.1. The minimum atomic E-state index is 1.08. The Hall–Kier alpha value is -1.09. The van der Waals surface area contributed by atoms with Crippen molar-refractivity contribution in [2.45, 2.75) is 12.8 Å². The number of anilines is 1. The molecule has 0 bridgehead atoms. The SMILES string of the molecule is Brc1ccc2nccc(N3CCCC3)c2c1. The first-order valence-corrected chi connectivity index (χ1v) is 6.43. The minimum Gasteiger partial charge on any atom is -0.371 e. The van der Waals surface area contributed by atoms with Gasteiger partial charge in [0, 0.05) is 34.8 Å². The van der Waals surface area contributed by atoms with Crippen LogP contribution in [-0.4, -0.2) is 18.1 Å². The molecule has 2 heterocycles. The molecule has 82 valence electrons. The smallest absolute Gasteiger partial charge is 0.0723 e. The highest BCUT2D eigenvalue weighted by atomic mass is 79.9. The summed E-state index contributed by atoms with van der Waals surface area (Å²) in [6.45, 7) is 2.34. The number of benzene rings is 1. The standard InChI is InChI=1S/C13H13BrN2/c14-10-3-4-12-11(9-10)13(5-6-15-12)16-7-1-2-8-16/h3-6,9H,1-2,7-8H2. The number of nitrogens with zero attached hydrogens (tertiary/aromatic N) is 2. The third-order valence-electron chi connectivity index (χ3n) is 3.13. The second kappa shape index (κ2) is 4.06. The lowest BCUT2D eigenvalue weighted by Crippen LogP contribution is -2.17. The Morgan fingerprint density at radius 1 is 1.12 bits per heavy atom. The number of hydrogen-bond acceptors (Lipinski definition) is 2. The van der Waals surface area contributed by atoms with Gasteiger partial charge in [0.25, 0.3) is 0 Å². The molecule has 0 N–H and O–H groups in total. The maximum absolute atomic E-state index is 4.41. The molecule has 0 saturated carbocycles. The molecule has 1 aliphatic heterocycles. The Balaban J connectivity index is 2.18. The summed E-state index contributed by atoms with van der Waals surface area (Å²) in [7, 11) is 0. The molecule has 0 radical (unpaired) electrons. The fourth-order valence-corrected chi connectivity index (χ4v) is 2.70. The van der Waals surface area contributed by atoms with Crippen molar-refractivity contribution in [3.05, 3.63) is 34.9 Å². The normalized spacial score (nSPS) is 15.9. The molecule has 0 unspecified atom stereocenters. The zero-order chi connectivity index (χ0) is 11.0. The summed E-state index contributed by atoms with van der Waals surface area (Å²) in [6, 6.07) is 8.40. The van der Waals surface area contributed by atoms with Crippen LogP contribution in [0.2, 0.25) is 0 Å². The second-order valence-electron chi connectivity index (χ2n) is 4.19. The van der Waals surface area contributed by atoms with E-state index < -0.39 is 0 Å². The summed E-state index contributed by atoms with van der Waals surface area (Å²) < 4.78 is 1.12. The molecular weight excluding hydrogens is 264 g/mol. The second-order valence-corrected chi connectivity index (χ2v) is 5.10. The molecule has 0 amide bonds. The quantitative estimate of drug-likeness (QED) is 0.791. The van der Waals surface area contributed by atoms with Gasteiger partial charge in [0.1, 0.15) is 0 Å². The van der Waals surface area contributed by atoms with E-state index >= 15 is 0 Å². The van der Waals surface area contributed by atoms with Crippen LogP contribution in [0.5, 0.6) is 0 Å². The lowest BCUT2D eigenvalue weighted by molar-refractivity contribution is 0.949. The van der Waals surface area contributed by atoms with Crippen LogP contribution in [0, 0.1) is 0 Å². The van der Waals surface area contributed by atoms with E-state index in [1.54, 1.807) is 0 Å². The fraction of sp³-hybridized carbons (Fsp3) is 0.308. The molecule has 2 nitrogen and oxygen atoms in total. The summed E-state index contributed by atoms with van der Waals surface area (Å²) in [5.41, 5.74) is 2.40. The summed E-state index contributed by atoms with van der Waals surface area (Å²) in [6.07, 6.45) is 4.51. The van der Waals surface area contributed by atoms with Crippen molar-refractivity contribution in [1.82, 2.24) is 4.98 Å². The molecule has 1 aliphatic rings. The Labute approximate surface area is 103 Å². The average molecular weight is 277 g/mol. The molecule has 1 aromatic carbocycles. The van der Waals surface area contributed by atoms with Gasteiger partial charge >= 0.3 is 0 Å². The van der Waals surface area contributed by atoms with Crippen LogP contribution in [-0.2, 0) is 0 Å². The van der Waals surface area contributed by atoms with E-state index in [1.165, 1.54) is 37.0 Å². The molecule has 0 aliphatic carbocycles. The van der Waals surface area contributed by atoms with Crippen molar-refractivity contribution >= 4 is 32.5 Å². The number of hydrogen-bond donors (Lipinski definition) is 0. The van der Waals surface area contributed by atoms with E-state index in [0.29, 0.717) is 0 Å². The van der Waals surface area contributed by atoms with Crippen LogP contribution in [0.4, 0.5) is 5.69 Å². The van der Waals surface area contributed by atoms with Gasteiger partial charge in [-0.3, -0.25) is 4.98 Å². The predicted octanol–water partition coefficient (Wildman–Crippen LogP) is 3.60. The van der Waals surface area contributed by atoms with E-state index in [9.17, 15) is 0 Å². The van der Waals surface area contributed by atoms with Gasteiger partial charge in [0.05, 0.1) is 5.52 Å². The van der Waals surface area contributed by atoms with Gasteiger partial charge < -0.3 is 4.90 Å². The molecule has 3 heteroatoms. The lowest BCUT2D eigenvalue weighted by Gasteiger charge is -2.19.